The molecule has 1 saturated carbocycles. The van der Waals surface area contributed by atoms with Crippen molar-refractivity contribution in [1.82, 2.24) is 14.6 Å². The lowest BCUT2D eigenvalue weighted by Crippen LogP contribution is -2.43. The van der Waals surface area contributed by atoms with Gasteiger partial charge in [0.2, 0.25) is 0 Å². The van der Waals surface area contributed by atoms with Crippen LogP contribution in [0.2, 0.25) is 5.02 Å². The summed E-state index contributed by atoms with van der Waals surface area (Å²) in [6.45, 7) is 2.40. The summed E-state index contributed by atoms with van der Waals surface area (Å²) < 4.78 is 55.6. The lowest BCUT2D eigenvalue weighted by Gasteiger charge is -2.33. The maximum absolute atomic E-state index is 13.8. The van der Waals surface area contributed by atoms with E-state index in [4.69, 9.17) is 11.6 Å². The number of aromatic nitrogens is 1. The second-order valence-corrected chi connectivity index (χ2v) is 12.3. The average Bonchev–Trinajstić information content (AvgIpc) is 3.71. The van der Waals surface area contributed by atoms with E-state index < -0.39 is 43.3 Å². The molecule has 2 aromatic carbocycles. The third-order valence-electron chi connectivity index (χ3n) is 7.53. The Morgan fingerprint density at radius 3 is 2.29 bits per heavy atom. The molecular weight excluding hydrogens is 578 g/mol. The Balaban J connectivity index is 1.47. The molecule has 2 aliphatic rings. The summed E-state index contributed by atoms with van der Waals surface area (Å²) in [6, 6.07) is 10.2. The minimum Gasteiger partial charge on any atom is -0.480 e. The van der Waals surface area contributed by atoms with Crippen molar-refractivity contribution >= 4 is 44.9 Å². The normalized spacial score (nSPS) is 16.8. The summed E-state index contributed by atoms with van der Waals surface area (Å²) in [5, 5.41) is 11.4. The quantitative estimate of drug-likeness (QED) is 0.331. The summed E-state index contributed by atoms with van der Waals surface area (Å²) in [6.07, 6.45) is 2.58. The number of rotatable bonds is 8. The number of likely N-dealkylation sites (tertiary alicyclic amines) is 1. The van der Waals surface area contributed by atoms with Crippen molar-refractivity contribution in [2.75, 3.05) is 18.4 Å². The van der Waals surface area contributed by atoms with Crippen molar-refractivity contribution < 1.29 is 31.9 Å². The Labute approximate surface area is 240 Å². The van der Waals surface area contributed by atoms with Crippen molar-refractivity contribution in [2.24, 2.45) is 0 Å². The predicted octanol–water partition coefficient (Wildman–Crippen LogP) is 4.98. The van der Waals surface area contributed by atoms with Crippen LogP contribution in [0.15, 0.2) is 53.7 Å². The molecule has 2 fully saturated rings. The number of hydrogen-bond acceptors (Lipinski definition) is 6. The zero-order chi connectivity index (χ0) is 29.5. The van der Waals surface area contributed by atoms with Crippen molar-refractivity contribution in [3.8, 4) is 0 Å². The van der Waals surface area contributed by atoms with Gasteiger partial charge in [-0.25, -0.2) is 22.2 Å². The van der Waals surface area contributed by atoms with E-state index in [0.717, 1.165) is 11.8 Å². The van der Waals surface area contributed by atoms with Gasteiger partial charge in [-0.3, -0.25) is 9.59 Å². The van der Waals surface area contributed by atoms with Gasteiger partial charge in [-0.1, -0.05) is 23.7 Å². The Bertz CT molecular complexity index is 1620. The molecule has 1 saturated heterocycles. The third kappa shape index (κ3) is 5.90. The molecule has 0 atom stereocenters. The van der Waals surface area contributed by atoms with E-state index in [1.807, 2.05) is 0 Å². The smallest absolute Gasteiger partial charge is 0.324 e. The fraction of sp³-hybridized carbons (Fsp3) is 0.321. The molecule has 3 aromatic rings. The van der Waals surface area contributed by atoms with Crippen LogP contribution in [0.1, 0.15) is 53.1 Å². The number of sulfonamides is 1. The Kier molecular flexibility index (Phi) is 7.75. The number of benzene rings is 2. The molecule has 2 heterocycles. The van der Waals surface area contributed by atoms with Crippen LogP contribution in [0.25, 0.3) is 0 Å². The molecule has 1 aromatic heterocycles. The van der Waals surface area contributed by atoms with E-state index in [0.29, 0.717) is 37.2 Å². The number of aliphatic carboxylic acids is 1. The summed E-state index contributed by atoms with van der Waals surface area (Å²) in [7, 11) is -4.50. The number of carboxylic acids is 1. The number of halogens is 3. The number of aryl methyl sites for hydroxylation is 1. The topological polar surface area (TPSA) is 129 Å². The first-order valence-electron chi connectivity index (χ1n) is 12.9. The molecule has 1 aliphatic heterocycles. The molecule has 1 aliphatic carbocycles. The molecular formula is C28H27ClF2N4O5S. The highest BCUT2D eigenvalue weighted by Gasteiger charge is 2.53. The first kappa shape index (κ1) is 28.9. The second-order valence-electron chi connectivity index (χ2n) is 10.4. The van der Waals surface area contributed by atoms with Gasteiger partial charge in [0.05, 0.1) is 11.3 Å². The van der Waals surface area contributed by atoms with Crippen LogP contribution in [-0.2, 0) is 14.8 Å². The molecule has 1 amide bonds. The molecule has 0 bridgehead atoms. The fourth-order valence-electron chi connectivity index (χ4n) is 4.95. The van der Waals surface area contributed by atoms with Gasteiger partial charge in [0.25, 0.3) is 15.9 Å². The monoisotopic (exact) mass is 604 g/mol. The molecule has 0 spiro atoms. The van der Waals surface area contributed by atoms with Crippen LogP contribution >= 0.6 is 11.6 Å². The number of anilines is 2. The lowest BCUT2D eigenvalue weighted by atomic mass is 9.89. The van der Waals surface area contributed by atoms with E-state index in [9.17, 15) is 31.9 Å². The highest BCUT2D eigenvalue weighted by Crippen LogP contribution is 2.40. The second kappa shape index (κ2) is 11.0. The molecule has 9 nitrogen and oxygen atoms in total. The van der Waals surface area contributed by atoms with Gasteiger partial charge in [0.15, 0.2) is 5.03 Å². The minimum absolute atomic E-state index is 0.00252. The Morgan fingerprint density at radius 2 is 1.71 bits per heavy atom. The van der Waals surface area contributed by atoms with Crippen molar-refractivity contribution in [3.63, 3.8) is 0 Å². The van der Waals surface area contributed by atoms with Crippen molar-refractivity contribution in [1.29, 1.82) is 0 Å². The molecule has 0 unspecified atom stereocenters. The highest BCUT2D eigenvalue weighted by molar-refractivity contribution is 7.89. The summed E-state index contributed by atoms with van der Waals surface area (Å²) in [5.41, 5.74) is 0.147. The Morgan fingerprint density at radius 1 is 1.07 bits per heavy atom. The number of carbonyl (C=O) groups excluding carboxylic acids is 1. The van der Waals surface area contributed by atoms with Gasteiger partial charge in [-0.05, 0) is 80.0 Å². The van der Waals surface area contributed by atoms with E-state index in [1.165, 1.54) is 30.3 Å². The Hall–Kier alpha value is -3.61. The first-order valence-corrected chi connectivity index (χ1v) is 14.8. The standard InChI is InChI=1S/C28H27ClF2N4O5S/c1-16-14-20(31)6-7-22(16)33-24-21(15-32-25(23(24)29)41(39,40)34-28(10-11-28)27(37)38)26(36)35-12-8-18(9-13-35)17-2-4-19(30)5-3-17/h2-7,14-15,18,34H,8-13H2,1H3,(H,32,33)(H,37,38). The predicted molar refractivity (Wildman–Crippen MR) is 148 cm³/mol. The van der Waals surface area contributed by atoms with E-state index in [-0.39, 0.29) is 35.8 Å². The maximum Gasteiger partial charge on any atom is 0.324 e. The van der Waals surface area contributed by atoms with Crippen LogP contribution in [0.4, 0.5) is 20.2 Å². The first-order chi connectivity index (χ1) is 19.4. The molecule has 13 heteroatoms. The number of hydrogen-bond donors (Lipinski definition) is 3. The molecule has 3 N–H and O–H groups in total. The summed E-state index contributed by atoms with van der Waals surface area (Å²) in [5.74, 6) is -2.42. The van der Waals surface area contributed by atoms with Crippen LogP contribution in [0, 0.1) is 18.6 Å². The van der Waals surface area contributed by atoms with Gasteiger partial charge < -0.3 is 15.3 Å². The number of piperidine rings is 1. The molecule has 41 heavy (non-hydrogen) atoms. The van der Waals surface area contributed by atoms with Gasteiger partial charge in [0.1, 0.15) is 22.2 Å². The van der Waals surface area contributed by atoms with E-state index in [2.05, 4.69) is 15.0 Å². The zero-order valence-corrected chi connectivity index (χ0v) is 23.5. The number of amides is 1. The fourth-order valence-corrected chi connectivity index (χ4v) is 6.89. The minimum atomic E-state index is -4.50. The van der Waals surface area contributed by atoms with Gasteiger partial charge in [-0.2, -0.15) is 4.72 Å². The van der Waals surface area contributed by atoms with Crippen LogP contribution in [-0.4, -0.2) is 53.9 Å². The number of nitrogens with zero attached hydrogens (tertiary/aromatic N) is 2. The van der Waals surface area contributed by atoms with E-state index >= 15 is 0 Å². The van der Waals surface area contributed by atoms with Crippen molar-refractivity contribution in [3.05, 3.63) is 82.0 Å². The number of nitrogens with one attached hydrogen (secondary N) is 2. The van der Waals surface area contributed by atoms with Crippen LogP contribution in [0.5, 0.6) is 0 Å². The number of carbonyl (C=O) groups is 2. The van der Waals surface area contributed by atoms with E-state index in [1.54, 1.807) is 24.0 Å². The van der Waals surface area contributed by atoms with Gasteiger partial charge in [0, 0.05) is 25.0 Å². The number of carboxylic acid groups (broad SMARTS) is 1. The molecule has 5 rings (SSSR count). The van der Waals surface area contributed by atoms with Crippen molar-refractivity contribution in [2.45, 2.75) is 49.1 Å². The maximum atomic E-state index is 13.8. The SMILES string of the molecule is Cc1cc(F)ccc1Nc1c(C(=O)N2CCC(c3ccc(F)cc3)CC2)cnc(S(=O)(=O)NC2(C(=O)O)CC2)c1Cl. The third-order valence-corrected chi connectivity index (χ3v) is 9.49. The summed E-state index contributed by atoms with van der Waals surface area (Å²) in [4.78, 5) is 30.9. The summed E-state index contributed by atoms with van der Waals surface area (Å²) >= 11 is 6.59. The highest BCUT2D eigenvalue weighted by atomic mass is 35.5. The van der Waals surface area contributed by atoms with Gasteiger partial charge >= 0.3 is 5.97 Å². The molecule has 216 valence electrons. The largest absolute Gasteiger partial charge is 0.480 e. The van der Waals surface area contributed by atoms with Gasteiger partial charge in [-0.15, -0.1) is 0 Å². The van der Waals surface area contributed by atoms with Crippen LogP contribution in [0.3, 0.4) is 0 Å². The van der Waals surface area contributed by atoms with Crippen LogP contribution < -0.4 is 10.0 Å². The lowest BCUT2D eigenvalue weighted by molar-refractivity contribution is -0.140. The molecule has 0 radical (unpaired) electrons. The average molecular weight is 605 g/mol. The number of pyridine rings is 1. The zero-order valence-electron chi connectivity index (χ0n) is 22.0.